The SMILES string of the molecule is COc1cccc(NC(=S)Nc2cnn(-c3ccncc3)c2)c1. The monoisotopic (exact) mass is 325 g/mol. The van der Waals surface area contributed by atoms with Gasteiger partial charge >= 0.3 is 0 Å². The van der Waals surface area contributed by atoms with Gasteiger partial charge in [0.15, 0.2) is 5.11 Å². The Bertz CT molecular complexity index is 803. The molecule has 0 fully saturated rings. The number of ether oxygens (including phenoxy) is 1. The highest BCUT2D eigenvalue weighted by molar-refractivity contribution is 7.80. The zero-order chi connectivity index (χ0) is 16.1. The van der Waals surface area contributed by atoms with E-state index in [9.17, 15) is 0 Å². The van der Waals surface area contributed by atoms with Crippen LogP contribution in [0.15, 0.2) is 61.2 Å². The molecule has 3 aromatic rings. The van der Waals surface area contributed by atoms with E-state index in [1.54, 1.807) is 30.4 Å². The number of nitrogens with zero attached hydrogens (tertiary/aromatic N) is 3. The average Bonchev–Trinajstić information content (AvgIpc) is 3.04. The molecular weight excluding hydrogens is 310 g/mol. The molecule has 0 unspecified atom stereocenters. The number of methoxy groups -OCH3 is 1. The van der Waals surface area contributed by atoms with E-state index in [1.165, 1.54) is 0 Å². The van der Waals surface area contributed by atoms with E-state index in [-0.39, 0.29) is 0 Å². The van der Waals surface area contributed by atoms with Gasteiger partial charge in [-0.2, -0.15) is 5.10 Å². The highest BCUT2D eigenvalue weighted by atomic mass is 32.1. The molecule has 0 saturated heterocycles. The average molecular weight is 325 g/mol. The number of pyridine rings is 1. The van der Waals surface area contributed by atoms with Gasteiger partial charge in [-0.05, 0) is 36.5 Å². The van der Waals surface area contributed by atoms with Crippen LogP contribution in [0.1, 0.15) is 0 Å². The van der Waals surface area contributed by atoms with Gasteiger partial charge in [-0.15, -0.1) is 0 Å². The summed E-state index contributed by atoms with van der Waals surface area (Å²) in [6, 6.07) is 11.3. The lowest BCUT2D eigenvalue weighted by atomic mass is 10.3. The minimum atomic E-state index is 0.479. The molecule has 0 aliphatic carbocycles. The molecule has 6 nitrogen and oxygen atoms in total. The van der Waals surface area contributed by atoms with E-state index in [2.05, 4.69) is 20.7 Å². The predicted octanol–water partition coefficient (Wildman–Crippen LogP) is 3.08. The Kier molecular flexibility index (Phi) is 4.49. The Morgan fingerprint density at radius 3 is 2.70 bits per heavy atom. The van der Waals surface area contributed by atoms with Crippen molar-refractivity contribution in [1.82, 2.24) is 14.8 Å². The maximum absolute atomic E-state index is 5.31. The van der Waals surface area contributed by atoms with Gasteiger partial charge in [0.05, 0.1) is 30.9 Å². The fourth-order valence-corrected chi connectivity index (χ4v) is 2.26. The number of thiocarbonyl (C=S) groups is 1. The van der Waals surface area contributed by atoms with Crippen molar-refractivity contribution in [2.45, 2.75) is 0 Å². The Morgan fingerprint density at radius 1 is 1.13 bits per heavy atom. The summed E-state index contributed by atoms with van der Waals surface area (Å²) in [6.07, 6.45) is 7.01. The zero-order valence-corrected chi connectivity index (χ0v) is 13.2. The van der Waals surface area contributed by atoms with E-state index in [1.807, 2.05) is 42.6 Å². The lowest BCUT2D eigenvalue weighted by Gasteiger charge is -2.09. The number of anilines is 2. The lowest BCUT2D eigenvalue weighted by molar-refractivity contribution is 0.415. The Morgan fingerprint density at radius 2 is 1.91 bits per heavy atom. The number of hydrogen-bond donors (Lipinski definition) is 2. The van der Waals surface area contributed by atoms with Crippen LogP contribution in [0.25, 0.3) is 5.69 Å². The van der Waals surface area contributed by atoms with Crippen molar-refractivity contribution in [1.29, 1.82) is 0 Å². The minimum absolute atomic E-state index is 0.479. The molecule has 0 radical (unpaired) electrons. The number of hydrogen-bond acceptors (Lipinski definition) is 4. The van der Waals surface area contributed by atoms with Gasteiger partial charge in [-0.3, -0.25) is 4.98 Å². The van der Waals surface area contributed by atoms with Gasteiger partial charge < -0.3 is 15.4 Å². The molecule has 2 heterocycles. The second kappa shape index (κ2) is 6.89. The van der Waals surface area contributed by atoms with Crippen LogP contribution < -0.4 is 15.4 Å². The van der Waals surface area contributed by atoms with Gasteiger partial charge in [0, 0.05) is 24.1 Å². The fraction of sp³-hybridized carbons (Fsp3) is 0.0625. The molecule has 116 valence electrons. The summed E-state index contributed by atoms with van der Waals surface area (Å²) >= 11 is 5.31. The van der Waals surface area contributed by atoms with Crippen molar-refractivity contribution in [2.75, 3.05) is 17.7 Å². The molecule has 23 heavy (non-hydrogen) atoms. The van der Waals surface area contributed by atoms with Crippen LogP contribution in [0.5, 0.6) is 5.75 Å². The van der Waals surface area contributed by atoms with E-state index >= 15 is 0 Å². The second-order valence-corrected chi connectivity index (χ2v) is 5.10. The third kappa shape index (κ3) is 3.83. The number of benzene rings is 1. The summed E-state index contributed by atoms with van der Waals surface area (Å²) in [7, 11) is 1.63. The molecule has 0 amide bonds. The molecule has 0 aliphatic rings. The smallest absolute Gasteiger partial charge is 0.175 e. The lowest BCUT2D eigenvalue weighted by Crippen LogP contribution is -2.18. The van der Waals surface area contributed by atoms with Crippen LogP contribution in [0.2, 0.25) is 0 Å². The Labute approximate surface area is 139 Å². The summed E-state index contributed by atoms with van der Waals surface area (Å²) in [6.45, 7) is 0. The molecule has 0 spiro atoms. The van der Waals surface area contributed by atoms with E-state index in [4.69, 9.17) is 17.0 Å². The van der Waals surface area contributed by atoms with Crippen molar-refractivity contribution in [3.63, 3.8) is 0 Å². The van der Waals surface area contributed by atoms with Crippen LogP contribution in [0.3, 0.4) is 0 Å². The minimum Gasteiger partial charge on any atom is -0.497 e. The maximum Gasteiger partial charge on any atom is 0.175 e. The predicted molar refractivity (Wildman–Crippen MR) is 94.2 cm³/mol. The van der Waals surface area contributed by atoms with Gasteiger partial charge in [0.1, 0.15) is 5.75 Å². The molecule has 0 atom stereocenters. The summed E-state index contributed by atoms with van der Waals surface area (Å²) < 4.78 is 6.93. The standard InChI is InChI=1S/C16H15N5OS/c1-22-15-4-2-3-12(9-15)19-16(23)20-13-10-18-21(11-13)14-5-7-17-8-6-14/h2-11H,1H3,(H2,19,20,23). The molecule has 7 heteroatoms. The highest BCUT2D eigenvalue weighted by Gasteiger charge is 2.04. The summed E-state index contributed by atoms with van der Waals surface area (Å²) in [5.41, 5.74) is 2.57. The van der Waals surface area contributed by atoms with Gasteiger partial charge in [0.25, 0.3) is 0 Å². The molecule has 1 aromatic carbocycles. The largest absolute Gasteiger partial charge is 0.497 e. The van der Waals surface area contributed by atoms with Crippen molar-refractivity contribution in [2.24, 2.45) is 0 Å². The van der Waals surface area contributed by atoms with E-state index < -0.39 is 0 Å². The van der Waals surface area contributed by atoms with Gasteiger partial charge in [-0.1, -0.05) is 6.07 Å². The first-order valence-electron chi connectivity index (χ1n) is 6.92. The summed E-state index contributed by atoms with van der Waals surface area (Å²) in [5, 5.41) is 11.0. The van der Waals surface area contributed by atoms with Crippen LogP contribution in [0, 0.1) is 0 Å². The molecule has 0 aliphatic heterocycles. The zero-order valence-electron chi connectivity index (χ0n) is 12.4. The van der Waals surface area contributed by atoms with Crippen LogP contribution in [0.4, 0.5) is 11.4 Å². The first-order valence-corrected chi connectivity index (χ1v) is 7.32. The molecule has 2 aromatic heterocycles. The number of aromatic nitrogens is 3. The highest BCUT2D eigenvalue weighted by Crippen LogP contribution is 2.17. The normalized spacial score (nSPS) is 10.1. The second-order valence-electron chi connectivity index (χ2n) is 4.69. The van der Waals surface area contributed by atoms with Crippen LogP contribution >= 0.6 is 12.2 Å². The van der Waals surface area contributed by atoms with Crippen molar-refractivity contribution >= 4 is 28.7 Å². The maximum atomic E-state index is 5.31. The van der Waals surface area contributed by atoms with Crippen molar-refractivity contribution in [3.05, 3.63) is 61.2 Å². The fourth-order valence-electron chi connectivity index (χ4n) is 2.02. The molecular formula is C16H15N5OS. The molecule has 3 rings (SSSR count). The summed E-state index contributed by atoms with van der Waals surface area (Å²) in [5.74, 6) is 0.767. The quantitative estimate of drug-likeness (QED) is 0.719. The van der Waals surface area contributed by atoms with Gasteiger partial charge in [0.2, 0.25) is 0 Å². The Hall–Kier alpha value is -2.93. The van der Waals surface area contributed by atoms with Gasteiger partial charge in [-0.25, -0.2) is 4.68 Å². The molecule has 0 bridgehead atoms. The summed E-state index contributed by atoms with van der Waals surface area (Å²) in [4.78, 5) is 3.99. The first kappa shape index (κ1) is 15.0. The topological polar surface area (TPSA) is 64.0 Å². The molecule has 2 N–H and O–H groups in total. The molecule has 0 saturated carbocycles. The third-order valence-corrected chi connectivity index (χ3v) is 3.30. The number of rotatable bonds is 4. The van der Waals surface area contributed by atoms with E-state index in [0.717, 1.165) is 22.8 Å². The van der Waals surface area contributed by atoms with Crippen LogP contribution in [-0.4, -0.2) is 27.0 Å². The van der Waals surface area contributed by atoms with Crippen molar-refractivity contribution in [3.8, 4) is 11.4 Å². The van der Waals surface area contributed by atoms with Crippen LogP contribution in [-0.2, 0) is 0 Å². The Balaban J connectivity index is 1.65. The first-order chi connectivity index (χ1) is 11.2. The number of nitrogens with one attached hydrogen (secondary N) is 2. The third-order valence-electron chi connectivity index (χ3n) is 3.10. The van der Waals surface area contributed by atoms with E-state index in [0.29, 0.717) is 5.11 Å². The van der Waals surface area contributed by atoms with Crippen molar-refractivity contribution < 1.29 is 4.74 Å².